The SMILES string of the molecule is CCn1cccc(CN2CCN(c3cn[nH]c(=O)c3Cl)CC2)c1=O. The molecule has 2 aromatic heterocycles. The summed E-state index contributed by atoms with van der Waals surface area (Å²) >= 11 is 6.06. The van der Waals surface area contributed by atoms with Gasteiger partial charge in [-0.25, -0.2) is 5.10 Å². The van der Waals surface area contributed by atoms with Gasteiger partial charge in [-0.05, 0) is 13.0 Å². The van der Waals surface area contributed by atoms with Crippen molar-refractivity contribution in [1.29, 1.82) is 0 Å². The number of nitrogens with zero attached hydrogens (tertiary/aromatic N) is 4. The monoisotopic (exact) mass is 349 g/mol. The lowest BCUT2D eigenvalue weighted by atomic mass is 10.2. The van der Waals surface area contributed by atoms with Crippen LogP contribution in [0, 0.1) is 0 Å². The normalized spacial score (nSPS) is 15.7. The number of H-pyrrole nitrogens is 1. The van der Waals surface area contributed by atoms with Gasteiger partial charge in [0.15, 0.2) is 0 Å². The second-order valence-electron chi connectivity index (χ2n) is 5.79. The van der Waals surface area contributed by atoms with Gasteiger partial charge in [-0.1, -0.05) is 17.7 Å². The van der Waals surface area contributed by atoms with Gasteiger partial charge < -0.3 is 9.47 Å². The van der Waals surface area contributed by atoms with Gasteiger partial charge in [0.05, 0.1) is 11.9 Å². The third kappa shape index (κ3) is 3.37. The average Bonchev–Trinajstić information content (AvgIpc) is 2.60. The fraction of sp³-hybridized carbons (Fsp3) is 0.438. The van der Waals surface area contributed by atoms with Crippen molar-refractivity contribution in [2.24, 2.45) is 0 Å². The molecule has 0 bridgehead atoms. The largest absolute Gasteiger partial charge is 0.366 e. The van der Waals surface area contributed by atoms with Crippen molar-refractivity contribution >= 4 is 17.3 Å². The molecule has 0 spiro atoms. The molecule has 1 saturated heterocycles. The van der Waals surface area contributed by atoms with E-state index < -0.39 is 0 Å². The molecule has 7 nitrogen and oxygen atoms in total. The van der Waals surface area contributed by atoms with Crippen LogP contribution in [0.25, 0.3) is 0 Å². The maximum Gasteiger partial charge on any atom is 0.285 e. The van der Waals surface area contributed by atoms with Crippen LogP contribution in [0.4, 0.5) is 5.69 Å². The molecule has 0 radical (unpaired) electrons. The highest BCUT2D eigenvalue weighted by Crippen LogP contribution is 2.21. The van der Waals surface area contributed by atoms with Crippen LogP contribution in [0.1, 0.15) is 12.5 Å². The van der Waals surface area contributed by atoms with Crippen LogP contribution < -0.4 is 16.0 Å². The Morgan fingerprint density at radius 3 is 2.71 bits per heavy atom. The number of piperazine rings is 1. The lowest BCUT2D eigenvalue weighted by Gasteiger charge is -2.36. The molecule has 1 aliphatic heterocycles. The zero-order chi connectivity index (χ0) is 17.1. The van der Waals surface area contributed by atoms with E-state index in [9.17, 15) is 9.59 Å². The first-order chi connectivity index (χ1) is 11.6. The predicted octanol–water partition coefficient (Wildman–Crippen LogP) is 0.927. The molecule has 1 fully saturated rings. The van der Waals surface area contributed by atoms with Gasteiger partial charge in [-0.3, -0.25) is 14.5 Å². The summed E-state index contributed by atoms with van der Waals surface area (Å²) in [4.78, 5) is 28.2. The summed E-state index contributed by atoms with van der Waals surface area (Å²) in [6.07, 6.45) is 3.39. The van der Waals surface area contributed by atoms with Crippen molar-refractivity contribution < 1.29 is 0 Å². The number of halogens is 1. The molecule has 8 heteroatoms. The molecular weight excluding hydrogens is 330 g/mol. The number of aromatic nitrogens is 3. The number of nitrogens with one attached hydrogen (secondary N) is 1. The third-order valence-electron chi connectivity index (χ3n) is 4.32. The number of anilines is 1. The van der Waals surface area contributed by atoms with E-state index in [0.717, 1.165) is 31.7 Å². The summed E-state index contributed by atoms with van der Waals surface area (Å²) in [5, 5.41) is 6.32. The molecule has 3 heterocycles. The van der Waals surface area contributed by atoms with Gasteiger partial charge in [-0.15, -0.1) is 0 Å². The van der Waals surface area contributed by atoms with Gasteiger partial charge in [0.1, 0.15) is 5.02 Å². The van der Waals surface area contributed by atoms with Crippen molar-refractivity contribution in [2.45, 2.75) is 20.0 Å². The van der Waals surface area contributed by atoms with E-state index in [1.165, 1.54) is 0 Å². The third-order valence-corrected chi connectivity index (χ3v) is 4.69. The average molecular weight is 350 g/mol. The zero-order valence-corrected chi connectivity index (χ0v) is 14.3. The summed E-state index contributed by atoms with van der Waals surface area (Å²) in [5.74, 6) is 0. The van der Waals surface area contributed by atoms with Crippen LogP contribution in [0.5, 0.6) is 0 Å². The number of aromatic amines is 1. The molecule has 0 aromatic carbocycles. The highest BCUT2D eigenvalue weighted by molar-refractivity contribution is 6.32. The highest BCUT2D eigenvalue weighted by Gasteiger charge is 2.21. The van der Waals surface area contributed by atoms with Crippen LogP contribution in [-0.4, -0.2) is 45.8 Å². The minimum Gasteiger partial charge on any atom is -0.366 e. The van der Waals surface area contributed by atoms with E-state index in [4.69, 9.17) is 11.6 Å². The van der Waals surface area contributed by atoms with E-state index in [1.54, 1.807) is 10.8 Å². The van der Waals surface area contributed by atoms with Crippen LogP contribution >= 0.6 is 11.6 Å². The summed E-state index contributed by atoms with van der Waals surface area (Å²) in [6.45, 7) is 6.33. The number of hydrogen-bond donors (Lipinski definition) is 1. The van der Waals surface area contributed by atoms with E-state index in [-0.39, 0.29) is 16.1 Å². The Kier molecular flexibility index (Phi) is 5.01. The summed E-state index contributed by atoms with van der Waals surface area (Å²) < 4.78 is 1.72. The molecule has 0 saturated carbocycles. The summed E-state index contributed by atoms with van der Waals surface area (Å²) in [6, 6.07) is 3.80. The molecule has 1 aliphatic rings. The highest BCUT2D eigenvalue weighted by atomic mass is 35.5. The smallest absolute Gasteiger partial charge is 0.285 e. The van der Waals surface area contributed by atoms with Gasteiger partial charge >= 0.3 is 0 Å². The van der Waals surface area contributed by atoms with E-state index in [2.05, 4.69) is 20.0 Å². The Morgan fingerprint density at radius 2 is 2.00 bits per heavy atom. The van der Waals surface area contributed by atoms with Crippen molar-refractivity contribution in [3.05, 3.63) is 55.8 Å². The van der Waals surface area contributed by atoms with E-state index in [0.29, 0.717) is 18.8 Å². The molecule has 1 N–H and O–H groups in total. The molecule has 2 aromatic rings. The van der Waals surface area contributed by atoms with Crippen LogP contribution in [0.15, 0.2) is 34.1 Å². The number of rotatable bonds is 4. The zero-order valence-electron chi connectivity index (χ0n) is 13.5. The van der Waals surface area contributed by atoms with Crippen LogP contribution in [0.3, 0.4) is 0 Å². The molecule has 128 valence electrons. The fourth-order valence-corrected chi connectivity index (χ4v) is 3.15. The van der Waals surface area contributed by atoms with Crippen LogP contribution in [-0.2, 0) is 13.1 Å². The first-order valence-electron chi connectivity index (χ1n) is 7.99. The van der Waals surface area contributed by atoms with Crippen molar-refractivity contribution in [3.8, 4) is 0 Å². The Hall–Kier alpha value is -2.12. The first kappa shape index (κ1) is 16.7. The molecule has 0 amide bonds. The van der Waals surface area contributed by atoms with E-state index in [1.807, 2.05) is 25.3 Å². The second kappa shape index (κ2) is 7.19. The lowest BCUT2D eigenvalue weighted by molar-refractivity contribution is 0.248. The Balaban J connectivity index is 1.67. The van der Waals surface area contributed by atoms with E-state index >= 15 is 0 Å². The van der Waals surface area contributed by atoms with Crippen molar-refractivity contribution in [2.75, 3.05) is 31.1 Å². The summed E-state index contributed by atoms with van der Waals surface area (Å²) in [7, 11) is 0. The number of aryl methyl sites for hydroxylation is 1. The molecule has 0 unspecified atom stereocenters. The first-order valence-corrected chi connectivity index (χ1v) is 8.36. The standard InChI is InChI=1S/C16H20ClN5O2/c1-2-21-5-3-4-12(16(21)24)11-20-6-8-22(9-7-20)13-10-18-19-15(23)14(13)17/h3-5,10H,2,6-9,11H2,1H3,(H,19,23). The second-order valence-corrected chi connectivity index (χ2v) is 6.16. The van der Waals surface area contributed by atoms with Gasteiger partial charge in [0.2, 0.25) is 0 Å². The fourth-order valence-electron chi connectivity index (χ4n) is 2.94. The lowest BCUT2D eigenvalue weighted by Crippen LogP contribution is -2.47. The van der Waals surface area contributed by atoms with Crippen molar-refractivity contribution in [3.63, 3.8) is 0 Å². The minimum atomic E-state index is -0.374. The quantitative estimate of drug-likeness (QED) is 0.888. The van der Waals surface area contributed by atoms with Crippen LogP contribution in [0.2, 0.25) is 5.02 Å². The number of pyridine rings is 1. The maximum atomic E-state index is 12.3. The Labute approximate surface area is 144 Å². The van der Waals surface area contributed by atoms with Crippen molar-refractivity contribution in [1.82, 2.24) is 19.7 Å². The molecule has 24 heavy (non-hydrogen) atoms. The predicted molar refractivity (Wildman–Crippen MR) is 93.7 cm³/mol. The van der Waals surface area contributed by atoms with Gasteiger partial charge in [0.25, 0.3) is 11.1 Å². The molecule has 0 atom stereocenters. The molecule has 3 rings (SSSR count). The minimum absolute atomic E-state index is 0.0734. The topological polar surface area (TPSA) is 74.2 Å². The van der Waals surface area contributed by atoms with Gasteiger partial charge in [0, 0.05) is 51.0 Å². The Morgan fingerprint density at radius 1 is 1.25 bits per heavy atom. The maximum absolute atomic E-state index is 12.3. The molecular formula is C16H20ClN5O2. The Bertz CT molecular complexity index is 824. The molecule has 0 aliphatic carbocycles. The summed E-state index contributed by atoms with van der Waals surface area (Å²) in [5.41, 5.74) is 1.17. The van der Waals surface area contributed by atoms with Gasteiger partial charge in [-0.2, -0.15) is 5.10 Å². The number of hydrogen-bond acceptors (Lipinski definition) is 5.